The van der Waals surface area contributed by atoms with Crippen molar-refractivity contribution in [3.8, 4) is 16.9 Å². The van der Waals surface area contributed by atoms with Crippen LogP contribution in [0, 0.1) is 22.7 Å². The smallest absolute Gasteiger partial charge is 0.313 e. The highest BCUT2D eigenvalue weighted by atomic mass is 16.5. The third kappa shape index (κ3) is 4.98. The fourth-order valence-corrected chi connectivity index (χ4v) is 10.2. The summed E-state index contributed by atoms with van der Waals surface area (Å²) in [6.45, 7) is 8.82. The number of aliphatic hydroxyl groups is 4. The molecule has 11 nitrogen and oxygen atoms in total. The van der Waals surface area contributed by atoms with Crippen molar-refractivity contribution in [3.63, 3.8) is 0 Å². The Morgan fingerprint density at radius 3 is 2.02 bits per heavy atom. The summed E-state index contributed by atoms with van der Waals surface area (Å²) in [7, 11) is 0. The molecule has 4 aliphatic rings. The van der Waals surface area contributed by atoms with Gasteiger partial charge in [0.05, 0.1) is 17.2 Å². The number of fused-ring (bicyclic) bond motifs is 6. The normalized spacial score (nSPS) is 28.3. The zero-order valence-corrected chi connectivity index (χ0v) is 31.5. The predicted octanol–water partition coefficient (Wildman–Crippen LogP) is 5.58. The Labute approximate surface area is 318 Å². The second-order valence-electron chi connectivity index (χ2n) is 16.2. The van der Waals surface area contributed by atoms with Crippen LogP contribution in [0.2, 0.25) is 0 Å². The first kappa shape index (κ1) is 37.9. The van der Waals surface area contributed by atoms with Gasteiger partial charge in [-0.2, -0.15) is 0 Å². The Balaban J connectivity index is 1.19. The largest absolute Gasteiger partial charge is 0.508 e. The number of ether oxygens (including phenoxy) is 1. The van der Waals surface area contributed by atoms with Crippen LogP contribution in [0.15, 0.2) is 77.6 Å². The average Bonchev–Trinajstić information content (AvgIpc) is 3.45. The van der Waals surface area contributed by atoms with Crippen LogP contribution < -0.4 is 0 Å². The van der Waals surface area contributed by atoms with Crippen molar-refractivity contribution in [3.05, 3.63) is 105 Å². The molecule has 0 aliphatic heterocycles. The van der Waals surface area contributed by atoms with Crippen molar-refractivity contribution < 1.29 is 54.2 Å². The van der Waals surface area contributed by atoms with Crippen molar-refractivity contribution in [1.82, 2.24) is 0 Å². The van der Waals surface area contributed by atoms with E-state index in [4.69, 9.17) is 4.74 Å². The number of aromatic hydroxyl groups is 1. The molecule has 0 heterocycles. The van der Waals surface area contributed by atoms with Gasteiger partial charge in [0.1, 0.15) is 41.7 Å². The van der Waals surface area contributed by atoms with E-state index in [1.54, 1.807) is 26.8 Å². The molecule has 1 saturated carbocycles. The van der Waals surface area contributed by atoms with Gasteiger partial charge in [-0.25, -0.2) is 0 Å². The number of benzene rings is 3. The summed E-state index contributed by atoms with van der Waals surface area (Å²) in [6, 6.07) is 18.7. The lowest BCUT2D eigenvalue weighted by molar-refractivity contribution is -0.215. The number of carbonyl (C=O) groups is 5. The topological polar surface area (TPSA) is 196 Å². The molecule has 0 bridgehead atoms. The standard InChI is InChI=1S/C44H44O11/c1-20(2)34-37(49)32(22(4)45)39(51)44(54)40(52)35-38(50)33-25(21(3)42(35,5)41(53)43(34,44)6)16-15-23(36(33)48)17-24(46)18-31(47)55-19-30-28-13-9-7-11-26(28)27-12-8-10-14-29(27)30/h7-16,20-21,30,34,41,48,50-51,53-54H,17-19H2,1-6H3/t21-,34?,41-,42+,43+,44+/m1/s1. The minimum Gasteiger partial charge on any atom is -0.508 e. The number of carbonyl (C=O) groups excluding carboxylic acids is 5. The van der Waals surface area contributed by atoms with Crippen molar-refractivity contribution >= 4 is 34.9 Å². The molecule has 4 aliphatic carbocycles. The molecule has 3 aromatic rings. The maximum Gasteiger partial charge on any atom is 0.313 e. The van der Waals surface area contributed by atoms with Gasteiger partial charge in [0, 0.05) is 34.7 Å². The number of phenols is 1. The minimum atomic E-state index is -3.01. The molecular weight excluding hydrogens is 704 g/mol. The molecule has 0 radical (unpaired) electrons. The number of phenolic OH excluding ortho intramolecular Hbond substituents is 1. The Bertz CT molecular complexity index is 2250. The molecule has 7 rings (SSSR count). The summed E-state index contributed by atoms with van der Waals surface area (Å²) in [5.41, 5.74) is -3.74. The van der Waals surface area contributed by atoms with Crippen molar-refractivity contribution in [2.75, 3.05) is 6.61 Å². The van der Waals surface area contributed by atoms with Crippen LogP contribution in [0.5, 0.6) is 5.75 Å². The molecule has 11 heteroatoms. The highest BCUT2D eigenvalue weighted by Gasteiger charge is 2.77. The van der Waals surface area contributed by atoms with Crippen molar-refractivity contribution in [2.24, 2.45) is 22.7 Å². The lowest BCUT2D eigenvalue weighted by Gasteiger charge is -2.63. The van der Waals surface area contributed by atoms with Gasteiger partial charge in [-0.1, -0.05) is 95.3 Å². The molecule has 1 fully saturated rings. The summed E-state index contributed by atoms with van der Waals surface area (Å²) in [4.78, 5) is 67.3. The molecular formula is C44H44O11. The van der Waals surface area contributed by atoms with Gasteiger partial charge < -0.3 is 30.3 Å². The molecule has 0 spiro atoms. The lowest BCUT2D eigenvalue weighted by Crippen LogP contribution is -2.75. The van der Waals surface area contributed by atoms with Crippen molar-refractivity contribution in [2.45, 2.75) is 77.9 Å². The van der Waals surface area contributed by atoms with E-state index in [0.29, 0.717) is 5.56 Å². The quantitative estimate of drug-likeness (QED) is 0.110. The van der Waals surface area contributed by atoms with Crippen molar-refractivity contribution in [1.29, 1.82) is 0 Å². The first-order valence-electron chi connectivity index (χ1n) is 18.4. The second kappa shape index (κ2) is 12.8. The van der Waals surface area contributed by atoms with Gasteiger partial charge in [0.15, 0.2) is 17.2 Å². The predicted molar refractivity (Wildman–Crippen MR) is 200 cm³/mol. The number of aliphatic hydroxyl groups excluding tert-OH is 3. The third-order valence-corrected chi connectivity index (χ3v) is 13.0. The van der Waals surface area contributed by atoms with Crippen LogP contribution in [0.4, 0.5) is 0 Å². The number of hydrogen-bond donors (Lipinski definition) is 5. The number of ketones is 4. The zero-order valence-electron chi connectivity index (χ0n) is 31.5. The average molecular weight is 749 g/mol. The van der Waals surface area contributed by atoms with E-state index in [-0.39, 0.29) is 23.7 Å². The SMILES string of the molecule is CC(=O)C1=C(O)[C@]2(O)C(=O)C3=C(O)c4c(ccc(CC(=O)CC(=O)OCC5c6ccccc6-c6ccccc65)c4O)[C@@H](C)[C@]3(C)[C@@H](O)[C@]2(C)C(C(C)C)C1=O. The number of Topliss-reactive ketones (excluding diaryl/α,β-unsaturated/α-hetero) is 4. The number of rotatable bonds is 8. The van der Waals surface area contributed by atoms with E-state index in [1.807, 2.05) is 48.5 Å². The Morgan fingerprint density at radius 2 is 1.45 bits per heavy atom. The summed E-state index contributed by atoms with van der Waals surface area (Å²) in [5.74, 6) is -9.76. The van der Waals surface area contributed by atoms with E-state index in [0.717, 1.165) is 29.2 Å². The van der Waals surface area contributed by atoms with Crippen LogP contribution >= 0.6 is 0 Å². The van der Waals surface area contributed by atoms with Crippen LogP contribution in [-0.4, -0.2) is 72.9 Å². The third-order valence-electron chi connectivity index (χ3n) is 13.0. The first-order valence-corrected chi connectivity index (χ1v) is 18.4. The number of hydrogen-bond acceptors (Lipinski definition) is 11. The zero-order chi connectivity index (χ0) is 40.1. The Kier molecular flexibility index (Phi) is 8.85. The molecule has 3 aromatic carbocycles. The maximum absolute atomic E-state index is 14.7. The monoisotopic (exact) mass is 748 g/mol. The summed E-state index contributed by atoms with van der Waals surface area (Å²) in [6.07, 6.45) is -2.78. The van der Waals surface area contributed by atoms with E-state index >= 15 is 0 Å². The van der Waals surface area contributed by atoms with Gasteiger partial charge in [0.2, 0.25) is 5.78 Å². The summed E-state index contributed by atoms with van der Waals surface area (Å²) < 4.78 is 5.59. The van der Waals surface area contributed by atoms with Gasteiger partial charge in [0.25, 0.3) is 0 Å². The Hall–Kier alpha value is -5.39. The molecule has 286 valence electrons. The molecule has 0 saturated heterocycles. The van der Waals surface area contributed by atoms with Gasteiger partial charge in [-0.3, -0.25) is 24.0 Å². The number of allylic oxidation sites excluding steroid dienone is 1. The van der Waals surface area contributed by atoms with E-state index in [1.165, 1.54) is 19.9 Å². The van der Waals surface area contributed by atoms with Gasteiger partial charge in [-0.05, 0) is 46.6 Å². The first-order chi connectivity index (χ1) is 25.8. The van der Waals surface area contributed by atoms with Crippen LogP contribution in [0.1, 0.15) is 87.6 Å². The molecule has 0 aromatic heterocycles. The molecule has 5 N–H and O–H groups in total. The molecule has 6 atom stereocenters. The van der Waals surface area contributed by atoms with E-state index < -0.39 is 111 Å². The van der Waals surface area contributed by atoms with Gasteiger partial charge >= 0.3 is 5.97 Å². The van der Waals surface area contributed by atoms with Gasteiger partial charge in [-0.15, -0.1) is 0 Å². The van der Waals surface area contributed by atoms with Crippen LogP contribution in [0.3, 0.4) is 0 Å². The van der Waals surface area contributed by atoms with E-state index in [2.05, 4.69) is 0 Å². The maximum atomic E-state index is 14.7. The fourth-order valence-electron chi connectivity index (χ4n) is 10.2. The van der Waals surface area contributed by atoms with Crippen LogP contribution in [-0.2, 0) is 35.1 Å². The number of esters is 1. The lowest BCUT2D eigenvalue weighted by atomic mass is 9.40. The molecule has 1 unspecified atom stereocenters. The highest BCUT2D eigenvalue weighted by Crippen LogP contribution is 2.67. The van der Waals surface area contributed by atoms with E-state index in [9.17, 15) is 49.5 Å². The second-order valence-corrected chi connectivity index (χ2v) is 16.2. The molecule has 55 heavy (non-hydrogen) atoms. The highest BCUT2D eigenvalue weighted by molar-refractivity contribution is 6.24. The summed E-state index contributed by atoms with van der Waals surface area (Å²) in [5, 5.41) is 59.6. The Morgan fingerprint density at radius 1 is 0.873 bits per heavy atom. The molecule has 0 amide bonds. The van der Waals surface area contributed by atoms with Crippen LogP contribution in [0.25, 0.3) is 16.9 Å². The summed E-state index contributed by atoms with van der Waals surface area (Å²) >= 11 is 0. The minimum absolute atomic E-state index is 0.0261. The fraction of sp³-hybridized carbons (Fsp3) is 0.386.